The molecular weight excluding hydrogens is 234 g/mol. The first kappa shape index (κ1) is 12.2. The highest BCUT2D eigenvalue weighted by Gasteiger charge is 2.23. The van der Waals surface area contributed by atoms with Crippen molar-refractivity contribution in [3.8, 4) is 16.9 Å². The highest BCUT2D eigenvalue weighted by atomic mass is 16.5. The van der Waals surface area contributed by atoms with E-state index >= 15 is 0 Å². The molecule has 1 saturated carbocycles. The molecule has 1 fully saturated rings. The average molecular weight is 253 g/mol. The molecule has 0 amide bonds. The van der Waals surface area contributed by atoms with Crippen molar-refractivity contribution in [1.29, 1.82) is 0 Å². The third-order valence-electron chi connectivity index (χ3n) is 3.43. The van der Waals surface area contributed by atoms with E-state index in [1.54, 1.807) is 0 Å². The van der Waals surface area contributed by atoms with Crippen LogP contribution in [0.2, 0.25) is 0 Å². The van der Waals surface area contributed by atoms with Gasteiger partial charge < -0.3 is 10.5 Å². The topological polar surface area (TPSA) is 35.2 Å². The van der Waals surface area contributed by atoms with Gasteiger partial charge in [-0.15, -0.1) is 0 Å². The van der Waals surface area contributed by atoms with Gasteiger partial charge in [0, 0.05) is 6.04 Å². The zero-order valence-corrected chi connectivity index (χ0v) is 11.2. The summed E-state index contributed by atoms with van der Waals surface area (Å²) < 4.78 is 5.76. The van der Waals surface area contributed by atoms with Crippen molar-refractivity contribution >= 4 is 0 Å². The van der Waals surface area contributed by atoms with E-state index in [9.17, 15) is 0 Å². The van der Waals surface area contributed by atoms with Gasteiger partial charge in [-0.2, -0.15) is 0 Å². The number of ether oxygens (including phenoxy) is 1. The molecule has 0 bridgehead atoms. The van der Waals surface area contributed by atoms with Gasteiger partial charge >= 0.3 is 0 Å². The lowest BCUT2D eigenvalue weighted by molar-refractivity contribution is 0.303. The highest BCUT2D eigenvalue weighted by Crippen LogP contribution is 2.29. The van der Waals surface area contributed by atoms with Gasteiger partial charge in [0.15, 0.2) is 0 Å². The van der Waals surface area contributed by atoms with Crippen LogP contribution in [0.5, 0.6) is 5.75 Å². The van der Waals surface area contributed by atoms with Crippen LogP contribution in [0.15, 0.2) is 48.5 Å². The molecule has 2 aromatic carbocycles. The Morgan fingerprint density at radius 1 is 1.05 bits per heavy atom. The molecule has 3 rings (SSSR count). The van der Waals surface area contributed by atoms with Gasteiger partial charge in [0.2, 0.25) is 0 Å². The van der Waals surface area contributed by atoms with Gasteiger partial charge in [0.05, 0.1) is 6.10 Å². The van der Waals surface area contributed by atoms with E-state index in [0.717, 1.165) is 11.3 Å². The Kier molecular flexibility index (Phi) is 3.26. The average Bonchev–Trinajstić information content (AvgIpc) is 3.24. The van der Waals surface area contributed by atoms with Gasteiger partial charge in [-0.1, -0.05) is 30.3 Å². The van der Waals surface area contributed by atoms with E-state index in [2.05, 4.69) is 36.4 Å². The van der Waals surface area contributed by atoms with Gasteiger partial charge in [-0.25, -0.2) is 0 Å². The van der Waals surface area contributed by atoms with Crippen LogP contribution in [-0.2, 0) is 0 Å². The van der Waals surface area contributed by atoms with Crippen LogP contribution in [0.25, 0.3) is 11.1 Å². The predicted octanol–water partition coefficient (Wildman–Crippen LogP) is 3.91. The molecule has 2 heteroatoms. The minimum atomic E-state index is 0.0671. The molecule has 98 valence electrons. The second kappa shape index (κ2) is 5.06. The number of nitrogens with two attached hydrogens (primary N) is 1. The Labute approximate surface area is 114 Å². The fourth-order valence-electron chi connectivity index (χ4n) is 2.11. The van der Waals surface area contributed by atoms with E-state index in [1.807, 2.05) is 19.1 Å². The van der Waals surface area contributed by atoms with Crippen LogP contribution >= 0.6 is 0 Å². The molecule has 0 aromatic heterocycles. The molecule has 1 unspecified atom stereocenters. The Balaban J connectivity index is 1.82. The van der Waals surface area contributed by atoms with Crippen molar-refractivity contribution in [3.05, 3.63) is 54.1 Å². The maximum absolute atomic E-state index is 5.93. The lowest BCUT2D eigenvalue weighted by Crippen LogP contribution is -2.04. The third kappa shape index (κ3) is 2.96. The lowest BCUT2D eigenvalue weighted by Gasteiger charge is -2.09. The Morgan fingerprint density at radius 3 is 2.42 bits per heavy atom. The summed E-state index contributed by atoms with van der Waals surface area (Å²) in [6.07, 6.45) is 2.84. The van der Waals surface area contributed by atoms with Crippen LogP contribution in [-0.4, -0.2) is 6.10 Å². The fraction of sp³-hybridized carbons (Fsp3) is 0.294. The van der Waals surface area contributed by atoms with Crippen molar-refractivity contribution in [2.24, 2.45) is 5.73 Å². The summed E-state index contributed by atoms with van der Waals surface area (Å²) in [7, 11) is 0. The smallest absolute Gasteiger partial charge is 0.119 e. The zero-order chi connectivity index (χ0) is 13.2. The van der Waals surface area contributed by atoms with Crippen LogP contribution in [0.3, 0.4) is 0 Å². The quantitative estimate of drug-likeness (QED) is 0.896. The second-order valence-electron chi connectivity index (χ2n) is 5.26. The molecule has 0 radical (unpaired) electrons. The van der Waals surface area contributed by atoms with Crippen LogP contribution in [0, 0.1) is 0 Å². The maximum atomic E-state index is 5.93. The van der Waals surface area contributed by atoms with E-state index in [-0.39, 0.29) is 6.04 Å². The Hall–Kier alpha value is -1.80. The molecule has 19 heavy (non-hydrogen) atoms. The summed E-state index contributed by atoms with van der Waals surface area (Å²) in [5, 5.41) is 0. The van der Waals surface area contributed by atoms with E-state index in [0.29, 0.717) is 6.10 Å². The largest absolute Gasteiger partial charge is 0.490 e. The molecular formula is C17H19NO. The number of rotatable bonds is 4. The summed E-state index contributed by atoms with van der Waals surface area (Å²) in [5.41, 5.74) is 9.49. The van der Waals surface area contributed by atoms with Gasteiger partial charge in [0.1, 0.15) is 5.75 Å². The Morgan fingerprint density at radius 2 is 1.79 bits per heavy atom. The lowest BCUT2D eigenvalue weighted by atomic mass is 10.0. The van der Waals surface area contributed by atoms with Gasteiger partial charge in [0.25, 0.3) is 0 Å². The van der Waals surface area contributed by atoms with E-state index < -0.39 is 0 Å². The SMILES string of the molecule is CC(N)c1cccc(-c2ccc(OC3CC3)cc2)c1. The van der Waals surface area contributed by atoms with Gasteiger partial charge in [-0.05, 0) is 54.7 Å². The summed E-state index contributed by atoms with van der Waals surface area (Å²) in [5.74, 6) is 0.967. The number of hydrogen-bond donors (Lipinski definition) is 1. The third-order valence-corrected chi connectivity index (χ3v) is 3.43. The Bertz CT molecular complexity index is 556. The van der Waals surface area contributed by atoms with Crippen molar-refractivity contribution in [2.75, 3.05) is 0 Å². The molecule has 2 N–H and O–H groups in total. The predicted molar refractivity (Wildman–Crippen MR) is 78.1 cm³/mol. The minimum absolute atomic E-state index is 0.0671. The zero-order valence-electron chi connectivity index (χ0n) is 11.2. The molecule has 1 aliphatic rings. The first-order chi connectivity index (χ1) is 9.22. The molecule has 1 atom stereocenters. The fourth-order valence-corrected chi connectivity index (χ4v) is 2.11. The van der Waals surface area contributed by atoms with Crippen molar-refractivity contribution in [2.45, 2.75) is 31.9 Å². The molecule has 0 saturated heterocycles. The summed E-state index contributed by atoms with van der Waals surface area (Å²) in [6.45, 7) is 2.01. The van der Waals surface area contributed by atoms with Crippen LogP contribution in [0.1, 0.15) is 31.4 Å². The van der Waals surface area contributed by atoms with E-state index in [4.69, 9.17) is 10.5 Å². The number of benzene rings is 2. The molecule has 2 nitrogen and oxygen atoms in total. The molecule has 0 spiro atoms. The normalized spacial score (nSPS) is 16.1. The summed E-state index contributed by atoms with van der Waals surface area (Å²) in [6, 6.07) is 16.8. The van der Waals surface area contributed by atoms with Crippen LogP contribution in [0.4, 0.5) is 0 Å². The number of hydrogen-bond acceptors (Lipinski definition) is 2. The van der Waals surface area contributed by atoms with Crippen LogP contribution < -0.4 is 10.5 Å². The molecule has 2 aromatic rings. The molecule has 0 aliphatic heterocycles. The second-order valence-corrected chi connectivity index (χ2v) is 5.26. The monoisotopic (exact) mass is 253 g/mol. The minimum Gasteiger partial charge on any atom is -0.490 e. The standard InChI is InChI=1S/C17H19NO/c1-12(18)14-3-2-4-15(11-14)13-5-7-16(8-6-13)19-17-9-10-17/h2-8,11-12,17H,9-10,18H2,1H3. The molecule has 1 aliphatic carbocycles. The first-order valence-electron chi connectivity index (χ1n) is 6.85. The van der Waals surface area contributed by atoms with Crippen molar-refractivity contribution < 1.29 is 4.74 Å². The van der Waals surface area contributed by atoms with Crippen molar-refractivity contribution in [3.63, 3.8) is 0 Å². The highest BCUT2D eigenvalue weighted by molar-refractivity contribution is 5.65. The first-order valence-corrected chi connectivity index (χ1v) is 6.85. The summed E-state index contributed by atoms with van der Waals surface area (Å²) in [4.78, 5) is 0. The maximum Gasteiger partial charge on any atom is 0.119 e. The van der Waals surface area contributed by atoms with Gasteiger partial charge in [-0.3, -0.25) is 0 Å². The van der Waals surface area contributed by atoms with Crippen molar-refractivity contribution in [1.82, 2.24) is 0 Å². The summed E-state index contributed by atoms with van der Waals surface area (Å²) >= 11 is 0. The molecule has 0 heterocycles. The van der Waals surface area contributed by atoms with E-state index in [1.165, 1.54) is 24.0 Å².